The van der Waals surface area contributed by atoms with Crippen molar-refractivity contribution in [3.05, 3.63) is 0 Å². The smallest absolute Gasteiger partial charge is 0.0791 e. The third kappa shape index (κ3) is 5.65. The van der Waals surface area contributed by atoms with Gasteiger partial charge < -0.3 is 20.1 Å². The van der Waals surface area contributed by atoms with E-state index in [0.29, 0.717) is 18.6 Å². The van der Waals surface area contributed by atoms with E-state index in [4.69, 9.17) is 4.74 Å². The molecular formula is C14H30N2O2. The molecule has 2 N–H and O–H groups in total. The van der Waals surface area contributed by atoms with Crippen molar-refractivity contribution in [2.24, 2.45) is 5.41 Å². The quantitative estimate of drug-likeness (QED) is 0.640. The summed E-state index contributed by atoms with van der Waals surface area (Å²) in [4.78, 5) is 2.39. The zero-order valence-corrected chi connectivity index (χ0v) is 12.2. The van der Waals surface area contributed by atoms with Crippen molar-refractivity contribution in [1.29, 1.82) is 0 Å². The fraction of sp³-hybridized carbons (Fsp3) is 1.00. The van der Waals surface area contributed by atoms with Crippen LogP contribution in [0.4, 0.5) is 0 Å². The minimum atomic E-state index is -0.271. The molecule has 1 atom stereocenters. The molecule has 4 heteroatoms. The van der Waals surface area contributed by atoms with Crippen molar-refractivity contribution in [3.8, 4) is 0 Å². The van der Waals surface area contributed by atoms with E-state index in [1.54, 1.807) is 7.11 Å². The largest absolute Gasteiger partial charge is 0.390 e. The van der Waals surface area contributed by atoms with E-state index in [0.717, 1.165) is 26.2 Å². The lowest BCUT2D eigenvalue weighted by Gasteiger charge is -2.39. The maximum absolute atomic E-state index is 9.94. The van der Waals surface area contributed by atoms with Crippen LogP contribution in [-0.2, 0) is 4.74 Å². The maximum Gasteiger partial charge on any atom is 0.0791 e. The number of β-amino-alcohol motifs (C(OH)–C–C–N with tert-alkyl or cyclic N) is 1. The Morgan fingerprint density at radius 2 is 2.06 bits per heavy atom. The Hall–Kier alpha value is -0.160. The molecule has 1 saturated heterocycles. The average molecular weight is 258 g/mol. The van der Waals surface area contributed by atoms with Crippen LogP contribution in [0.5, 0.6) is 0 Å². The number of nitrogens with one attached hydrogen (secondary N) is 1. The molecule has 0 spiro atoms. The average Bonchev–Trinajstić information content (AvgIpc) is 2.38. The molecular weight excluding hydrogens is 228 g/mol. The first-order valence-corrected chi connectivity index (χ1v) is 7.20. The van der Waals surface area contributed by atoms with Crippen molar-refractivity contribution >= 4 is 0 Å². The minimum Gasteiger partial charge on any atom is -0.390 e. The molecule has 0 bridgehead atoms. The predicted octanol–water partition coefficient (Wildman–Crippen LogP) is 1.10. The van der Waals surface area contributed by atoms with Gasteiger partial charge in [0.05, 0.1) is 12.7 Å². The van der Waals surface area contributed by atoms with Gasteiger partial charge in [-0.2, -0.15) is 0 Å². The molecule has 1 unspecified atom stereocenters. The molecule has 0 aliphatic carbocycles. The molecule has 1 aliphatic heterocycles. The first-order valence-electron chi connectivity index (χ1n) is 7.20. The van der Waals surface area contributed by atoms with Crippen LogP contribution in [0.1, 0.15) is 33.1 Å². The van der Waals surface area contributed by atoms with Gasteiger partial charge in [0.15, 0.2) is 0 Å². The Morgan fingerprint density at radius 3 is 2.61 bits per heavy atom. The second-order valence-electron chi connectivity index (χ2n) is 5.82. The van der Waals surface area contributed by atoms with Gasteiger partial charge in [-0.1, -0.05) is 20.3 Å². The van der Waals surface area contributed by atoms with E-state index in [2.05, 4.69) is 24.1 Å². The summed E-state index contributed by atoms with van der Waals surface area (Å²) in [7, 11) is 1.69. The fourth-order valence-corrected chi connectivity index (χ4v) is 2.43. The number of methoxy groups -OCH3 is 1. The van der Waals surface area contributed by atoms with Crippen LogP contribution in [0.15, 0.2) is 0 Å². The Balaban J connectivity index is 2.12. The van der Waals surface area contributed by atoms with Gasteiger partial charge in [0, 0.05) is 26.7 Å². The van der Waals surface area contributed by atoms with Crippen LogP contribution in [0.3, 0.4) is 0 Å². The molecule has 0 aromatic carbocycles. The van der Waals surface area contributed by atoms with Crippen molar-refractivity contribution < 1.29 is 9.84 Å². The summed E-state index contributed by atoms with van der Waals surface area (Å²) >= 11 is 0. The molecule has 1 aliphatic rings. The van der Waals surface area contributed by atoms with Crippen LogP contribution >= 0.6 is 0 Å². The highest BCUT2D eigenvalue weighted by Crippen LogP contribution is 2.33. The number of likely N-dealkylation sites (tertiary alicyclic amines) is 1. The van der Waals surface area contributed by atoms with Gasteiger partial charge in [-0.25, -0.2) is 0 Å². The zero-order chi connectivity index (χ0) is 13.4. The van der Waals surface area contributed by atoms with E-state index in [-0.39, 0.29) is 6.10 Å². The van der Waals surface area contributed by atoms with E-state index < -0.39 is 0 Å². The molecule has 1 rings (SSSR count). The van der Waals surface area contributed by atoms with Crippen LogP contribution in [0, 0.1) is 5.41 Å². The normalized spacial score (nSPS) is 22.0. The fourth-order valence-electron chi connectivity index (χ4n) is 2.43. The zero-order valence-electron chi connectivity index (χ0n) is 12.2. The second kappa shape index (κ2) is 8.10. The number of nitrogens with zero attached hydrogens (tertiary/aromatic N) is 1. The van der Waals surface area contributed by atoms with Crippen LogP contribution < -0.4 is 5.32 Å². The first-order chi connectivity index (χ1) is 8.59. The molecule has 1 heterocycles. The molecule has 0 radical (unpaired) electrons. The number of aliphatic hydroxyl groups excluding tert-OH is 1. The molecule has 0 aromatic rings. The monoisotopic (exact) mass is 258 g/mol. The molecule has 18 heavy (non-hydrogen) atoms. The lowest BCUT2D eigenvalue weighted by Crippen LogP contribution is -2.44. The summed E-state index contributed by atoms with van der Waals surface area (Å²) in [6, 6.07) is 0. The summed E-state index contributed by atoms with van der Waals surface area (Å²) in [5, 5.41) is 13.1. The van der Waals surface area contributed by atoms with E-state index in [1.165, 1.54) is 19.3 Å². The Labute approximate surface area is 112 Å². The number of hydrogen-bond acceptors (Lipinski definition) is 4. The van der Waals surface area contributed by atoms with E-state index in [9.17, 15) is 5.11 Å². The third-order valence-corrected chi connectivity index (χ3v) is 4.25. The molecule has 1 fully saturated rings. The maximum atomic E-state index is 9.94. The van der Waals surface area contributed by atoms with Crippen LogP contribution in [-0.4, -0.2) is 62.6 Å². The van der Waals surface area contributed by atoms with Gasteiger partial charge in [0.25, 0.3) is 0 Å². The lowest BCUT2D eigenvalue weighted by molar-refractivity contribution is 0.0620. The highest BCUT2D eigenvalue weighted by Gasteiger charge is 2.28. The van der Waals surface area contributed by atoms with E-state index >= 15 is 0 Å². The molecule has 4 nitrogen and oxygen atoms in total. The lowest BCUT2D eigenvalue weighted by atomic mass is 9.78. The van der Waals surface area contributed by atoms with Crippen molar-refractivity contribution in [2.75, 3.05) is 46.4 Å². The molecule has 0 aromatic heterocycles. The molecule has 108 valence electrons. The summed E-state index contributed by atoms with van der Waals surface area (Å²) in [5.41, 5.74) is 0.526. The standard InChI is InChI=1S/C14H30N2O2/c1-4-14(2)5-8-16(9-6-14)12-13(17)11-15-7-10-18-3/h13,15,17H,4-12H2,1-3H3. The van der Waals surface area contributed by atoms with Crippen LogP contribution in [0.25, 0.3) is 0 Å². The SMILES string of the molecule is CCC1(C)CCN(CC(O)CNCCOC)CC1. The number of rotatable bonds is 8. The van der Waals surface area contributed by atoms with Crippen molar-refractivity contribution in [3.63, 3.8) is 0 Å². The number of aliphatic hydroxyl groups is 1. The molecule has 0 amide bonds. The van der Waals surface area contributed by atoms with Gasteiger partial charge in [0.2, 0.25) is 0 Å². The Morgan fingerprint density at radius 1 is 1.39 bits per heavy atom. The van der Waals surface area contributed by atoms with E-state index in [1.807, 2.05) is 0 Å². The van der Waals surface area contributed by atoms with Crippen molar-refractivity contribution in [1.82, 2.24) is 10.2 Å². The van der Waals surface area contributed by atoms with Crippen molar-refractivity contribution in [2.45, 2.75) is 39.2 Å². The van der Waals surface area contributed by atoms with Gasteiger partial charge in [-0.3, -0.25) is 0 Å². The summed E-state index contributed by atoms with van der Waals surface area (Å²) in [6.07, 6.45) is 3.51. The highest BCUT2D eigenvalue weighted by atomic mass is 16.5. The van der Waals surface area contributed by atoms with Gasteiger partial charge in [0.1, 0.15) is 0 Å². The van der Waals surface area contributed by atoms with Gasteiger partial charge in [-0.05, 0) is 31.3 Å². The first kappa shape index (κ1) is 15.9. The number of hydrogen-bond donors (Lipinski definition) is 2. The second-order valence-corrected chi connectivity index (χ2v) is 5.82. The number of ether oxygens (including phenoxy) is 1. The Kier molecular flexibility index (Phi) is 7.15. The highest BCUT2D eigenvalue weighted by molar-refractivity contribution is 4.82. The number of piperidine rings is 1. The third-order valence-electron chi connectivity index (χ3n) is 4.25. The summed E-state index contributed by atoms with van der Waals surface area (Å²) in [6.45, 7) is 9.87. The Bertz CT molecular complexity index is 216. The topological polar surface area (TPSA) is 44.7 Å². The van der Waals surface area contributed by atoms with Gasteiger partial charge in [-0.15, -0.1) is 0 Å². The minimum absolute atomic E-state index is 0.271. The molecule has 0 saturated carbocycles. The summed E-state index contributed by atoms with van der Waals surface area (Å²) in [5.74, 6) is 0. The predicted molar refractivity (Wildman–Crippen MR) is 74.8 cm³/mol. The van der Waals surface area contributed by atoms with Gasteiger partial charge >= 0.3 is 0 Å². The van der Waals surface area contributed by atoms with Crippen LogP contribution in [0.2, 0.25) is 0 Å². The summed E-state index contributed by atoms with van der Waals surface area (Å²) < 4.78 is 4.95.